The van der Waals surface area contributed by atoms with E-state index in [2.05, 4.69) is 17.1 Å². The lowest BCUT2D eigenvalue weighted by atomic mass is 9.94. The Bertz CT molecular complexity index is 844. The van der Waals surface area contributed by atoms with Crippen LogP contribution in [0.1, 0.15) is 18.4 Å². The summed E-state index contributed by atoms with van der Waals surface area (Å²) in [6, 6.07) is 13.4. The van der Waals surface area contributed by atoms with Crippen LogP contribution in [0.2, 0.25) is 0 Å². The van der Waals surface area contributed by atoms with Gasteiger partial charge in [-0.3, -0.25) is 9.78 Å². The van der Waals surface area contributed by atoms with Crippen LogP contribution in [0.25, 0.3) is 11.3 Å². The molecular formula is C22H21NO4. The SMILES string of the molecule is O=C(COC(=O)C1CC2C=CC1C2)OCc1ccc(-c2ccccn2)cc1. The maximum absolute atomic E-state index is 12.1. The fourth-order valence-electron chi connectivity index (χ4n) is 3.80. The van der Waals surface area contributed by atoms with E-state index in [1.54, 1.807) is 6.20 Å². The number of carbonyl (C=O) groups is 2. The number of fused-ring (bicyclic) bond motifs is 2. The highest BCUT2D eigenvalue weighted by Gasteiger charge is 2.40. The van der Waals surface area contributed by atoms with Gasteiger partial charge >= 0.3 is 11.9 Å². The summed E-state index contributed by atoms with van der Waals surface area (Å²) in [6.45, 7) is -0.182. The molecule has 138 valence electrons. The molecule has 1 aromatic carbocycles. The van der Waals surface area contributed by atoms with Gasteiger partial charge in [0.25, 0.3) is 0 Å². The molecule has 1 saturated carbocycles. The van der Waals surface area contributed by atoms with Crippen molar-refractivity contribution in [2.24, 2.45) is 17.8 Å². The van der Waals surface area contributed by atoms with Crippen LogP contribution in [-0.2, 0) is 25.7 Å². The Morgan fingerprint density at radius 3 is 2.52 bits per heavy atom. The van der Waals surface area contributed by atoms with Crippen LogP contribution in [0.4, 0.5) is 0 Å². The van der Waals surface area contributed by atoms with Gasteiger partial charge in [0.05, 0.1) is 11.6 Å². The van der Waals surface area contributed by atoms with E-state index in [1.165, 1.54) is 0 Å². The summed E-state index contributed by atoms with van der Waals surface area (Å²) in [5.41, 5.74) is 2.76. The van der Waals surface area contributed by atoms with E-state index < -0.39 is 5.97 Å². The van der Waals surface area contributed by atoms with Gasteiger partial charge in [-0.2, -0.15) is 0 Å². The van der Waals surface area contributed by atoms with Gasteiger partial charge in [0.2, 0.25) is 0 Å². The van der Waals surface area contributed by atoms with Gasteiger partial charge in [-0.1, -0.05) is 42.5 Å². The first-order valence-electron chi connectivity index (χ1n) is 9.20. The third-order valence-electron chi connectivity index (χ3n) is 5.23. The molecule has 2 bridgehead atoms. The van der Waals surface area contributed by atoms with E-state index in [9.17, 15) is 9.59 Å². The first-order chi connectivity index (χ1) is 13.2. The van der Waals surface area contributed by atoms with Crippen molar-refractivity contribution in [3.63, 3.8) is 0 Å². The van der Waals surface area contributed by atoms with Crippen LogP contribution >= 0.6 is 0 Å². The summed E-state index contributed by atoms with van der Waals surface area (Å²) in [4.78, 5) is 28.3. The maximum atomic E-state index is 12.1. The van der Waals surface area contributed by atoms with Gasteiger partial charge in [0.1, 0.15) is 6.61 Å². The van der Waals surface area contributed by atoms with Gasteiger partial charge in [0.15, 0.2) is 6.61 Å². The minimum atomic E-state index is -0.532. The predicted octanol–water partition coefficient (Wildman–Crippen LogP) is 3.55. The van der Waals surface area contributed by atoms with Gasteiger partial charge in [-0.15, -0.1) is 0 Å². The second-order valence-electron chi connectivity index (χ2n) is 7.07. The second kappa shape index (κ2) is 7.74. The van der Waals surface area contributed by atoms with E-state index in [0.717, 1.165) is 29.7 Å². The van der Waals surface area contributed by atoms with Crippen molar-refractivity contribution in [3.8, 4) is 11.3 Å². The number of rotatable bonds is 6. The lowest BCUT2D eigenvalue weighted by molar-refractivity contribution is -0.162. The largest absolute Gasteiger partial charge is 0.458 e. The molecule has 0 amide bonds. The van der Waals surface area contributed by atoms with Crippen molar-refractivity contribution in [3.05, 3.63) is 66.4 Å². The molecule has 3 atom stereocenters. The number of hydrogen-bond donors (Lipinski definition) is 0. The van der Waals surface area contributed by atoms with Crippen LogP contribution in [0.5, 0.6) is 0 Å². The Kier molecular flexibility index (Phi) is 5.01. The van der Waals surface area contributed by atoms with Gasteiger partial charge in [-0.05, 0) is 42.4 Å². The molecule has 1 fully saturated rings. The molecule has 4 rings (SSSR count). The Morgan fingerprint density at radius 1 is 1.00 bits per heavy atom. The lowest BCUT2D eigenvalue weighted by Gasteiger charge is -2.16. The molecule has 0 aliphatic heterocycles. The van der Waals surface area contributed by atoms with Crippen molar-refractivity contribution in [1.29, 1.82) is 0 Å². The maximum Gasteiger partial charge on any atom is 0.344 e. The summed E-state index contributed by atoms with van der Waals surface area (Å²) >= 11 is 0. The molecule has 2 aromatic rings. The van der Waals surface area contributed by atoms with Crippen molar-refractivity contribution in [2.45, 2.75) is 19.4 Å². The highest BCUT2D eigenvalue weighted by Crippen LogP contribution is 2.43. The molecule has 1 heterocycles. The summed E-state index contributed by atoms with van der Waals surface area (Å²) in [5.74, 6) is -0.156. The normalized spacial score (nSPS) is 22.6. The lowest BCUT2D eigenvalue weighted by Crippen LogP contribution is -2.25. The zero-order valence-corrected chi connectivity index (χ0v) is 14.9. The van der Waals surface area contributed by atoms with Gasteiger partial charge in [-0.25, -0.2) is 4.79 Å². The molecule has 0 saturated heterocycles. The number of aromatic nitrogens is 1. The van der Waals surface area contributed by atoms with Crippen LogP contribution in [-0.4, -0.2) is 23.5 Å². The van der Waals surface area contributed by atoms with Crippen LogP contribution < -0.4 is 0 Å². The molecule has 5 heteroatoms. The summed E-state index contributed by atoms with van der Waals surface area (Å²) in [6.07, 6.45) is 7.87. The number of carbonyl (C=O) groups excluding carboxylic acids is 2. The van der Waals surface area contributed by atoms with Crippen molar-refractivity contribution in [1.82, 2.24) is 4.98 Å². The zero-order valence-electron chi connectivity index (χ0n) is 14.9. The van der Waals surface area contributed by atoms with E-state index in [4.69, 9.17) is 9.47 Å². The summed E-state index contributed by atoms with van der Waals surface area (Å²) in [5, 5.41) is 0. The minimum Gasteiger partial charge on any atom is -0.458 e. The third kappa shape index (κ3) is 4.08. The van der Waals surface area contributed by atoms with Gasteiger partial charge < -0.3 is 9.47 Å². The van der Waals surface area contributed by atoms with E-state index in [-0.39, 0.29) is 31.0 Å². The quantitative estimate of drug-likeness (QED) is 0.580. The molecule has 1 aromatic heterocycles. The monoisotopic (exact) mass is 363 g/mol. The Balaban J connectivity index is 1.22. The van der Waals surface area contributed by atoms with E-state index in [0.29, 0.717) is 5.92 Å². The van der Waals surface area contributed by atoms with Crippen LogP contribution in [0.3, 0.4) is 0 Å². The Labute approximate surface area is 158 Å². The fourth-order valence-corrected chi connectivity index (χ4v) is 3.80. The first-order valence-corrected chi connectivity index (χ1v) is 9.20. The number of esters is 2. The van der Waals surface area contributed by atoms with Gasteiger partial charge in [0, 0.05) is 11.8 Å². The number of ether oxygens (including phenoxy) is 2. The number of hydrogen-bond acceptors (Lipinski definition) is 5. The number of benzene rings is 1. The molecule has 2 aliphatic rings. The molecule has 27 heavy (non-hydrogen) atoms. The molecule has 2 aliphatic carbocycles. The Morgan fingerprint density at radius 2 is 1.85 bits per heavy atom. The van der Waals surface area contributed by atoms with Crippen molar-refractivity contribution < 1.29 is 19.1 Å². The standard InChI is InChI=1S/C22H21NO4/c24-21(14-27-22(25)19-12-16-6-9-18(19)11-16)26-13-15-4-7-17(8-5-15)20-3-1-2-10-23-20/h1-10,16,18-19H,11-14H2. The summed E-state index contributed by atoms with van der Waals surface area (Å²) in [7, 11) is 0. The average molecular weight is 363 g/mol. The van der Waals surface area contributed by atoms with Crippen LogP contribution in [0.15, 0.2) is 60.8 Å². The topological polar surface area (TPSA) is 65.5 Å². The summed E-state index contributed by atoms with van der Waals surface area (Å²) < 4.78 is 10.4. The number of allylic oxidation sites excluding steroid dienone is 2. The van der Waals surface area contributed by atoms with E-state index in [1.807, 2.05) is 42.5 Å². The van der Waals surface area contributed by atoms with Crippen LogP contribution in [0, 0.1) is 17.8 Å². The highest BCUT2D eigenvalue weighted by atomic mass is 16.6. The predicted molar refractivity (Wildman–Crippen MR) is 99.3 cm³/mol. The zero-order chi connectivity index (χ0) is 18.6. The molecule has 0 radical (unpaired) electrons. The molecule has 0 N–H and O–H groups in total. The highest BCUT2D eigenvalue weighted by molar-refractivity contribution is 5.78. The molecule has 3 unspecified atom stereocenters. The molecule has 5 nitrogen and oxygen atoms in total. The Hall–Kier alpha value is -2.95. The first kappa shape index (κ1) is 17.5. The second-order valence-corrected chi connectivity index (χ2v) is 7.07. The van der Waals surface area contributed by atoms with E-state index >= 15 is 0 Å². The molecule has 0 spiro atoms. The average Bonchev–Trinajstić information content (AvgIpc) is 3.35. The fraction of sp³-hybridized carbons (Fsp3) is 0.318. The molecular weight excluding hydrogens is 342 g/mol. The third-order valence-corrected chi connectivity index (χ3v) is 5.23. The number of pyridine rings is 1. The van der Waals surface area contributed by atoms with Crippen molar-refractivity contribution in [2.75, 3.05) is 6.61 Å². The smallest absolute Gasteiger partial charge is 0.344 e. The minimum absolute atomic E-state index is 0.105. The number of nitrogens with zero attached hydrogens (tertiary/aromatic N) is 1. The van der Waals surface area contributed by atoms with Crippen molar-refractivity contribution >= 4 is 11.9 Å².